The molecule has 146 valence electrons. The summed E-state index contributed by atoms with van der Waals surface area (Å²) in [6.07, 6.45) is -4.35. The quantitative estimate of drug-likeness (QED) is 0.352. The van der Waals surface area contributed by atoms with E-state index in [-0.39, 0.29) is 18.3 Å². The number of carbonyl (C=O) groups excluding carboxylic acids is 1. The second-order valence-corrected chi connectivity index (χ2v) is 6.77. The molecule has 8 atom stereocenters. The standard InChI is InChI=1S/C17H24O9/c1-7(20)10-6-24-16(12-8(4-18)2-3-9(10)12)26-17-15(23)14(22)13(21)11(5-19)25-17/h2,6,9,11-19,21-23H,3-5H2,1H3/t9-,11-,12-,13-,14+,15-,16+,17+/m1/s1. The molecule has 0 bridgehead atoms. The van der Waals surface area contributed by atoms with Crippen molar-refractivity contribution in [3.8, 4) is 0 Å². The minimum atomic E-state index is -1.56. The summed E-state index contributed by atoms with van der Waals surface area (Å²) in [7, 11) is 0. The molecule has 5 N–H and O–H groups in total. The summed E-state index contributed by atoms with van der Waals surface area (Å²) in [5, 5.41) is 48.7. The number of fused-ring (bicyclic) bond motifs is 1. The molecule has 0 aromatic carbocycles. The van der Waals surface area contributed by atoms with E-state index in [9.17, 15) is 30.3 Å². The summed E-state index contributed by atoms with van der Waals surface area (Å²) in [5.74, 6) is -0.812. The van der Waals surface area contributed by atoms with Gasteiger partial charge in [0.25, 0.3) is 0 Å². The van der Waals surface area contributed by atoms with Crippen molar-refractivity contribution in [3.63, 3.8) is 0 Å². The summed E-state index contributed by atoms with van der Waals surface area (Å²) >= 11 is 0. The van der Waals surface area contributed by atoms with Crippen LogP contribution in [0.15, 0.2) is 23.5 Å². The van der Waals surface area contributed by atoms with Gasteiger partial charge in [0.1, 0.15) is 24.4 Å². The number of hydrogen-bond donors (Lipinski definition) is 5. The Kier molecular flexibility index (Phi) is 5.78. The zero-order valence-electron chi connectivity index (χ0n) is 14.3. The molecule has 0 aromatic rings. The third-order valence-corrected chi connectivity index (χ3v) is 5.22. The Bertz CT molecular complexity index is 599. The number of ketones is 1. The van der Waals surface area contributed by atoms with Crippen molar-refractivity contribution >= 4 is 5.78 Å². The van der Waals surface area contributed by atoms with Crippen molar-refractivity contribution < 1.29 is 44.5 Å². The number of ether oxygens (including phenoxy) is 3. The van der Waals surface area contributed by atoms with Gasteiger partial charge in [-0.25, -0.2) is 0 Å². The Morgan fingerprint density at radius 3 is 2.54 bits per heavy atom. The largest absolute Gasteiger partial charge is 0.471 e. The number of aliphatic hydroxyl groups excluding tert-OH is 5. The first-order chi connectivity index (χ1) is 12.4. The molecule has 26 heavy (non-hydrogen) atoms. The molecule has 2 aliphatic heterocycles. The molecule has 1 aliphatic carbocycles. The lowest BCUT2D eigenvalue weighted by Gasteiger charge is -2.43. The van der Waals surface area contributed by atoms with Gasteiger partial charge in [0.2, 0.25) is 6.29 Å². The van der Waals surface area contributed by atoms with Gasteiger partial charge in [0.05, 0.1) is 25.4 Å². The van der Waals surface area contributed by atoms with Gasteiger partial charge in [0.15, 0.2) is 12.1 Å². The van der Waals surface area contributed by atoms with Gasteiger partial charge in [-0.05, 0) is 18.9 Å². The molecule has 3 aliphatic rings. The van der Waals surface area contributed by atoms with E-state index in [0.29, 0.717) is 17.6 Å². The number of hydrogen-bond acceptors (Lipinski definition) is 9. The number of Topliss-reactive ketones (excluding diaryl/α,β-unsaturated/α-hetero) is 1. The molecule has 0 saturated carbocycles. The van der Waals surface area contributed by atoms with Gasteiger partial charge in [-0.2, -0.15) is 0 Å². The topological polar surface area (TPSA) is 146 Å². The van der Waals surface area contributed by atoms with E-state index in [1.165, 1.54) is 13.2 Å². The van der Waals surface area contributed by atoms with Crippen molar-refractivity contribution in [1.29, 1.82) is 0 Å². The van der Waals surface area contributed by atoms with E-state index in [0.717, 1.165) is 0 Å². The molecule has 3 rings (SSSR count). The third-order valence-electron chi connectivity index (χ3n) is 5.22. The summed E-state index contributed by atoms with van der Waals surface area (Å²) in [4.78, 5) is 11.8. The highest BCUT2D eigenvalue weighted by Crippen LogP contribution is 2.44. The van der Waals surface area contributed by atoms with Gasteiger partial charge >= 0.3 is 0 Å². The van der Waals surface area contributed by atoms with Crippen LogP contribution in [0.25, 0.3) is 0 Å². The lowest BCUT2D eigenvalue weighted by Crippen LogP contribution is -2.60. The van der Waals surface area contributed by atoms with E-state index >= 15 is 0 Å². The fourth-order valence-electron chi connectivity index (χ4n) is 3.76. The number of aliphatic hydroxyl groups is 5. The minimum Gasteiger partial charge on any atom is -0.471 e. The Morgan fingerprint density at radius 2 is 1.92 bits per heavy atom. The van der Waals surface area contributed by atoms with Gasteiger partial charge in [-0.3, -0.25) is 4.79 Å². The van der Waals surface area contributed by atoms with Crippen LogP contribution < -0.4 is 0 Å². The van der Waals surface area contributed by atoms with Crippen molar-refractivity contribution in [1.82, 2.24) is 0 Å². The molecule has 0 spiro atoms. The molecule has 9 nitrogen and oxygen atoms in total. The first kappa shape index (κ1) is 19.4. The second-order valence-electron chi connectivity index (χ2n) is 6.77. The molecular weight excluding hydrogens is 348 g/mol. The molecule has 1 saturated heterocycles. The van der Waals surface area contributed by atoms with Crippen LogP contribution >= 0.6 is 0 Å². The van der Waals surface area contributed by atoms with Crippen LogP contribution in [0.2, 0.25) is 0 Å². The van der Waals surface area contributed by atoms with Crippen molar-refractivity contribution in [2.24, 2.45) is 11.8 Å². The zero-order chi connectivity index (χ0) is 19.0. The maximum atomic E-state index is 11.8. The third kappa shape index (κ3) is 3.31. The average molecular weight is 372 g/mol. The molecule has 0 amide bonds. The maximum absolute atomic E-state index is 11.8. The van der Waals surface area contributed by atoms with Crippen molar-refractivity contribution in [2.75, 3.05) is 13.2 Å². The van der Waals surface area contributed by atoms with E-state index in [4.69, 9.17) is 14.2 Å². The molecule has 0 radical (unpaired) electrons. The van der Waals surface area contributed by atoms with Crippen LogP contribution in [-0.2, 0) is 19.0 Å². The zero-order valence-corrected chi connectivity index (χ0v) is 14.3. The predicted molar refractivity (Wildman–Crippen MR) is 85.3 cm³/mol. The lowest BCUT2D eigenvalue weighted by molar-refractivity contribution is -0.339. The Balaban J connectivity index is 1.80. The number of rotatable bonds is 5. The molecule has 9 heteroatoms. The van der Waals surface area contributed by atoms with E-state index in [1.54, 1.807) is 0 Å². The average Bonchev–Trinajstić information content (AvgIpc) is 3.06. The van der Waals surface area contributed by atoms with Gasteiger partial charge in [-0.1, -0.05) is 6.08 Å². The highest BCUT2D eigenvalue weighted by molar-refractivity contribution is 5.94. The fraction of sp³-hybridized carbons (Fsp3) is 0.706. The van der Waals surface area contributed by atoms with Gasteiger partial charge < -0.3 is 39.7 Å². The van der Waals surface area contributed by atoms with Crippen LogP contribution in [-0.4, -0.2) is 81.5 Å². The lowest BCUT2D eigenvalue weighted by atomic mass is 9.82. The summed E-state index contributed by atoms with van der Waals surface area (Å²) in [6.45, 7) is 0.630. The highest BCUT2D eigenvalue weighted by Gasteiger charge is 2.49. The van der Waals surface area contributed by atoms with Crippen molar-refractivity contribution in [3.05, 3.63) is 23.5 Å². The normalized spacial score (nSPS) is 42.5. The van der Waals surface area contributed by atoms with E-state index < -0.39 is 49.5 Å². The van der Waals surface area contributed by atoms with Crippen molar-refractivity contribution in [2.45, 2.75) is 50.3 Å². The SMILES string of the molecule is CC(=O)C1=CO[C@@H](O[C@@H]2O[C@H](CO)[C@@H](O)[C@H](O)[C@H]2O)[C@@H]2C(CO)=CC[C@H]12. The number of carbonyl (C=O) groups is 1. The number of allylic oxidation sites excluding steroid dienone is 2. The summed E-state index contributed by atoms with van der Waals surface area (Å²) < 4.78 is 16.6. The van der Waals surface area contributed by atoms with Crippen LogP contribution in [0.5, 0.6) is 0 Å². The molecule has 1 fully saturated rings. The molecule has 0 unspecified atom stereocenters. The van der Waals surface area contributed by atoms with Crippen LogP contribution in [0.3, 0.4) is 0 Å². The van der Waals surface area contributed by atoms with Gasteiger partial charge in [0, 0.05) is 11.5 Å². The van der Waals surface area contributed by atoms with Crippen LogP contribution in [0, 0.1) is 11.8 Å². The Labute approximate surface area is 150 Å². The van der Waals surface area contributed by atoms with E-state index in [1.807, 2.05) is 6.08 Å². The summed E-state index contributed by atoms with van der Waals surface area (Å²) in [5.41, 5.74) is 1.14. The first-order valence-electron chi connectivity index (χ1n) is 8.51. The molecule has 2 heterocycles. The minimum absolute atomic E-state index is 0.140. The fourth-order valence-corrected chi connectivity index (χ4v) is 3.76. The predicted octanol–water partition coefficient (Wildman–Crippen LogP) is -1.81. The molecule has 0 aromatic heterocycles. The Morgan fingerprint density at radius 1 is 1.19 bits per heavy atom. The monoisotopic (exact) mass is 372 g/mol. The first-order valence-corrected chi connectivity index (χ1v) is 8.51. The van der Waals surface area contributed by atoms with Crippen LogP contribution in [0.4, 0.5) is 0 Å². The van der Waals surface area contributed by atoms with Gasteiger partial charge in [-0.15, -0.1) is 0 Å². The van der Waals surface area contributed by atoms with Crippen LogP contribution in [0.1, 0.15) is 13.3 Å². The van der Waals surface area contributed by atoms with E-state index in [2.05, 4.69) is 0 Å². The second kappa shape index (κ2) is 7.73. The smallest absolute Gasteiger partial charge is 0.208 e. The maximum Gasteiger partial charge on any atom is 0.208 e. The summed E-state index contributed by atoms with van der Waals surface area (Å²) in [6, 6.07) is 0. The Hall–Kier alpha value is -1.33. The molecular formula is C17H24O9. The highest BCUT2D eigenvalue weighted by atomic mass is 16.8.